The first kappa shape index (κ1) is 33.8. The van der Waals surface area contributed by atoms with Gasteiger partial charge in [-0.05, 0) is 89.9 Å². The molecule has 3 aliphatic rings. The van der Waals surface area contributed by atoms with Crippen molar-refractivity contribution in [2.24, 2.45) is 0 Å². The smallest absolute Gasteiger partial charge is 0.241 e. The maximum Gasteiger partial charge on any atom is 0.241 e. The predicted molar refractivity (Wildman–Crippen MR) is 206 cm³/mol. The Morgan fingerprint density at radius 3 is 2.23 bits per heavy atom. The minimum atomic E-state index is 0. The van der Waals surface area contributed by atoms with Crippen LogP contribution in [0.1, 0.15) is 35.1 Å². The molecule has 0 bridgehead atoms. The molecule has 1 radical (unpaired) electrons. The number of para-hydroxylation sites is 1. The number of nitrogens with zero attached hydrogens (tertiary/aromatic N) is 2. The number of hydrogen-bond acceptors (Lipinski definition) is 4. The molecule has 6 heteroatoms. The molecule has 7 aromatic rings. The van der Waals surface area contributed by atoms with Gasteiger partial charge in [0, 0.05) is 43.7 Å². The van der Waals surface area contributed by atoms with Gasteiger partial charge >= 0.3 is 0 Å². The van der Waals surface area contributed by atoms with Crippen LogP contribution in [-0.4, -0.2) is 16.7 Å². The molecule has 2 aliphatic heterocycles. The Bertz CT molecular complexity index is 2410. The van der Waals surface area contributed by atoms with Crippen molar-refractivity contribution in [2.45, 2.75) is 39.5 Å². The molecule has 0 spiro atoms. The zero-order valence-electron chi connectivity index (χ0n) is 29.1. The Balaban J connectivity index is 0.000000161. The Hall–Kier alpha value is -5.29. The number of hydrogen-bond donors (Lipinski definition) is 0. The van der Waals surface area contributed by atoms with E-state index in [1.165, 1.54) is 51.7 Å². The van der Waals surface area contributed by atoms with Crippen molar-refractivity contribution >= 4 is 23.1 Å². The molecule has 1 aliphatic carbocycles. The first-order valence-corrected chi connectivity index (χ1v) is 17.7. The number of pyridine rings is 2. The summed E-state index contributed by atoms with van der Waals surface area (Å²) in [6.07, 6.45) is 8.75. The molecule has 255 valence electrons. The molecule has 0 amide bonds. The fourth-order valence-corrected chi connectivity index (χ4v) is 7.55. The van der Waals surface area contributed by atoms with Crippen LogP contribution in [0.2, 0.25) is 0 Å². The average Bonchev–Trinajstić information content (AvgIpc) is 3.18. The summed E-state index contributed by atoms with van der Waals surface area (Å²) < 4.78 is 12.7. The summed E-state index contributed by atoms with van der Waals surface area (Å²) in [6, 6.07) is 46.2. The van der Waals surface area contributed by atoms with Gasteiger partial charge in [-0.15, -0.1) is 59.1 Å². The summed E-state index contributed by atoms with van der Waals surface area (Å²) in [5, 5.41) is 0. The van der Waals surface area contributed by atoms with Crippen molar-refractivity contribution in [3.8, 4) is 56.6 Å². The van der Waals surface area contributed by atoms with Crippen LogP contribution < -0.4 is 25.9 Å². The van der Waals surface area contributed by atoms with Gasteiger partial charge in [0.1, 0.15) is 17.2 Å². The number of aryl methyl sites for hydroxylation is 4. The second-order valence-corrected chi connectivity index (χ2v) is 13.6. The Labute approximate surface area is 319 Å². The summed E-state index contributed by atoms with van der Waals surface area (Å²) in [5.41, 5.74) is 14.9. The average molecular weight is 851 g/mol. The van der Waals surface area contributed by atoms with Crippen molar-refractivity contribution in [3.63, 3.8) is 0 Å². The molecule has 2 aromatic heterocycles. The number of fused-ring (bicyclic) bond motifs is 5. The van der Waals surface area contributed by atoms with Gasteiger partial charge in [0.25, 0.3) is 0 Å². The molecular weight excluding hydrogens is 816 g/mol. The van der Waals surface area contributed by atoms with Crippen LogP contribution >= 0.6 is 0 Å². The Morgan fingerprint density at radius 1 is 0.654 bits per heavy atom. The van der Waals surface area contributed by atoms with E-state index in [9.17, 15) is 0 Å². The molecule has 52 heavy (non-hydrogen) atoms. The zero-order chi connectivity index (χ0) is 34.3. The van der Waals surface area contributed by atoms with Crippen LogP contribution in [0, 0.1) is 26.0 Å². The Kier molecular flexibility index (Phi) is 9.36. The van der Waals surface area contributed by atoms with E-state index in [0.717, 1.165) is 69.3 Å². The van der Waals surface area contributed by atoms with E-state index in [1.807, 2.05) is 54.7 Å². The third-order valence-electron chi connectivity index (χ3n) is 10.2. The van der Waals surface area contributed by atoms with Gasteiger partial charge < -0.3 is 19.4 Å². The van der Waals surface area contributed by atoms with E-state index in [2.05, 4.69) is 104 Å². The van der Waals surface area contributed by atoms with E-state index in [-0.39, 0.29) is 26.8 Å². The fourth-order valence-electron chi connectivity index (χ4n) is 7.55. The summed E-state index contributed by atoms with van der Waals surface area (Å²) in [6.45, 7) is 4.24. The van der Waals surface area contributed by atoms with Crippen LogP contribution in [0.4, 0.5) is 0 Å². The minimum Gasteiger partial charge on any atom is -0.503 e. The van der Waals surface area contributed by atoms with Gasteiger partial charge in [-0.1, -0.05) is 84.8 Å². The maximum absolute atomic E-state index is 6.52. The number of ether oxygens (including phenoxy) is 2. The number of rotatable bonds is 3. The van der Waals surface area contributed by atoms with Crippen molar-refractivity contribution in [1.82, 2.24) is 9.97 Å². The van der Waals surface area contributed by atoms with Crippen molar-refractivity contribution in [1.29, 1.82) is 0 Å². The van der Waals surface area contributed by atoms with Crippen LogP contribution in [-0.2, 0) is 32.9 Å². The van der Waals surface area contributed by atoms with Gasteiger partial charge in [0.15, 0.2) is 0 Å². The Morgan fingerprint density at radius 2 is 1.40 bits per heavy atom. The van der Waals surface area contributed by atoms with Gasteiger partial charge in [-0.2, -0.15) is 0 Å². The van der Waals surface area contributed by atoms with Gasteiger partial charge in [-0.3, -0.25) is 0 Å². The van der Waals surface area contributed by atoms with Crippen LogP contribution in [0.3, 0.4) is 0 Å². The first-order chi connectivity index (χ1) is 25.1. The van der Waals surface area contributed by atoms with E-state index in [1.54, 1.807) is 0 Å². The summed E-state index contributed by atoms with van der Waals surface area (Å²) >= 11 is 0. The van der Waals surface area contributed by atoms with Gasteiger partial charge in [0.2, 0.25) is 6.71 Å². The van der Waals surface area contributed by atoms with Gasteiger partial charge in [-0.25, -0.2) is 0 Å². The largest absolute Gasteiger partial charge is 0.503 e. The second-order valence-electron chi connectivity index (χ2n) is 13.6. The molecular formula is C46H35BIrN2O2-2. The van der Waals surface area contributed by atoms with E-state index in [0.29, 0.717) is 0 Å². The second kappa shape index (κ2) is 14.4. The van der Waals surface area contributed by atoms with Gasteiger partial charge in [0.05, 0.1) is 0 Å². The molecule has 0 unspecified atom stereocenters. The molecule has 0 N–H and O–H groups in total. The standard InChI is InChI=1S/C27H19BNO2.C19H16N.Ir/c1-2-8-18-16-29-22(15-17(18)7-1)19-9-5-11-21-27(19)31-25-14-6-13-24-26(25)28(21)20-10-3-4-12-23(20)30-24;1-14-8-10-17(11-9-14)19-12-18(15(2)13-20-19)16-6-4-3-5-7-16;/h3-6,10-16H,1-2,7-8H2;3-10,12-13H,1-2H3;/q2*-1;. The zero-order valence-corrected chi connectivity index (χ0v) is 31.5. The molecule has 10 rings (SSSR count). The number of aromatic nitrogens is 2. The first-order valence-electron chi connectivity index (χ1n) is 17.7. The molecule has 4 nitrogen and oxygen atoms in total. The third kappa shape index (κ3) is 6.27. The topological polar surface area (TPSA) is 44.2 Å². The van der Waals surface area contributed by atoms with E-state index in [4.69, 9.17) is 14.5 Å². The summed E-state index contributed by atoms with van der Waals surface area (Å²) in [7, 11) is 0. The van der Waals surface area contributed by atoms with Crippen molar-refractivity contribution in [2.75, 3.05) is 0 Å². The molecule has 5 aromatic carbocycles. The van der Waals surface area contributed by atoms with Crippen molar-refractivity contribution in [3.05, 3.63) is 162 Å². The van der Waals surface area contributed by atoms with Crippen molar-refractivity contribution < 1.29 is 29.6 Å². The normalized spacial score (nSPS) is 13.0. The van der Waals surface area contributed by atoms with E-state index < -0.39 is 0 Å². The van der Waals surface area contributed by atoms with Crippen LogP contribution in [0.15, 0.2) is 128 Å². The monoisotopic (exact) mass is 851 g/mol. The number of benzene rings is 5. The summed E-state index contributed by atoms with van der Waals surface area (Å²) in [5.74, 6) is 3.49. The predicted octanol–water partition coefficient (Wildman–Crippen LogP) is 8.99. The summed E-state index contributed by atoms with van der Waals surface area (Å²) in [4.78, 5) is 9.35. The third-order valence-corrected chi connectivity index (χ3v) is 10.2. The molecule has 0 atom stereocenters. The molecule has 0 fully saturated rings. The minimum absolute atomic E-state index is 0. The van der Waals surface area contributed by atoms with E-state index >= 15 is 0 Å². The molecule has 0 saturated carbocycles. The molecule has 0 saturated heterocycles. The molecule has 4 heterocycles. The fraction of sp³-hybridized carbons (Fsp3) is 0.130. The van der Waals surface area contributed by atoms with Crippen LogP contribution in [0.5, 0.6) is 23.0 Å². The quantitative estimate of drug-likeness (QED) is 0.132. The van der Waals surface area contributed by atoms with Crippen LogP contribution in [0.25, 0.3) is 33.6 Å². The maximum atomic E-state index is 6.52. The SMILES string of the molecule is Cc1c[c-]c(-c2cc(-c3ccccc3)c(C)cn2)cc1.[Ir].[c-]1ccc2c(c1-c1cc3c(cn1)CCCC3)Oc1cccc3c1B2c1ccccc1O3.